The Morgan fingerprint density at radius 1 is 0.909 bits per heavy atom. The Balaban J connectivity index is 2.29. The van der Waals surface area contributed by atoms with E-state index in [1.165, 1.54) is 0 Å². The van der Waals surface area contributed by atoms with Crippen LogP contribution in [0.4, 0.5) is 17.6 Å². The van der Waals surface area contributed by atoms with E-state index in [4.69, 9.17) is 4.43 Å². The molecule has 0 aliphatic heterocycles. The lowest BCUT2D eigenvalue weighted by molar-refractivity contribution is 0.109. The highest BCUT2D eigenvalue weighted by atomic mass is 28.2. The first-order valence-electron chi connectivity index (χ1n) is 7.45. The van der Waals surface area contributed by atoms with Crippen molar-refractivity contribution in [1.82, 2.24) is 0 Å². The van der Waals surface area contributed by atoms with Crippen molar-refractivity contribution in [3.8, 4) is 0 Å². The fourth-order valence-electron chi connectivity index (χ4n) is 2.25. The van der Waals surface area contributed by atoms with Gasteiger partial charge >= 0.3 is 0 Å². The third-order valence-electron chi connectivity index (χ3n) is 3.68. The average Bonchev–Trinajstić information content (AvgIpc) is 2.49. The maximum atomic E-state index is 13.4. The van der Waals surface area contributed by atoms with Gasteiger partial charge in [0.25, 0.3) is 0 Å². The minimum absolute atomic E-state index is 0.107. The lowest BCUT2D eigenvalue weighted by atomic mass is 9.99. The summed E-state index contributed by atoms with van der Waals surface area (Å²) in [6.45, 7) is 3.97. The zero-order valence-corrected chi connectivity index (χ0v) is 13.9. The lowest BCUT2D eigenvalue weighted by Gasteiger charge is -2.22. The molecule has 3 radical (unpaired) electrons. The number of benzene rings is 1. The van der Waals surface area contributed by atoms with Gasteiger partial charge in [-0.1, -0.05) is 25.7 Å². The maximum Gasteiger partial charge on any atom is 0.246 e. The number of rotatable bonds is 9. The second-order valence-electron chi connectivity index (χ2n) is 6.09. The van der Waals surface area contributed by atoms with Gasteiger partial charge in [0.1, 0.15) is 0 Å². The van der Waals surface area contributed by atoms with Crippen molar-refractivity contribution in [3.63, 3.8) is 0 Å². The molecule has 0 bridgehead atoms. The summed E-state index contributed by atoms with van der Waals surface area (Å²) in [5.74, 6) is -6.11. The highest BCUT2D eigenvalue weighted by molar-refractivity contribution is 5.98. The molecule has 0 aliphatic carbocycles. The van der Waals surface area contributed by atoms with Gasteiger partial charge in [0.15, 0.2) is 23.3 Å². The molecule has 1 aromatic carbocycles. The number of halogens is 4. The normalized spacial score (nSPS) is 12.0. The van der Waals surface area contributed by atoms with Crippen LogP contribution in [-0.2, 0) is 10.8 Å². The van der Waals surface area contributed by atoms with E-state index in [1.807, 2.05) is 13.8 Å². The summed E-state index contributed by atoms with van der Waals surface area (Å²) in [5, 5.41) is 0. The van der Waals surface area contributed by atoms with Crippen LogP contribution in [0.2, 0.25) is 0 Å². The molecule has 0 atom stereocenters. The highest BCUT2D eigenvalue weighted by Gasteiger charge is 2.18. The smallest absolute Gasteiger partial charge is 0.246 e. The van der Waals surface area contributed by atoms with Crippen molar-refractivity contribution < 1.29 is 22.0 Å². The molecule has 6 heteroatoms. The van der Waals surface area contributed by atoms with E-state index in [2.05, 4.69) is 10.5 Å². The summed E-state index contributed by atoms with van der Waals surface area (Å²) < 4.78 is 57.5. The van der Waals surface area contributed by atoms with Crippen LogP contribution in [0.5, 0.6) is 0 Å². The third-order valence-corrected chi connectivity index (χ3v) is 4.23. The number of unbranched alkanes of at least 4 members (excludes halogenated alkanes) is 4. The Kier molecular flexibility index (Phi) is 7.55. The van der Waals surface area contributed by atoms with Crippen LogP contribution in [-0.4, -0.2) is 16.1 Å². The molecule has 0 amide bonds. The number of hydrogen-bond donors (Lipinski definition) is 0. The van der Waals surface area contributed by atoms with Gasteiger partial charge in [-0.25, -0.2) is 17.6 Å². The zero-order chi connectivity index (χ0) is 16.8. The highest BCUT2D eigenvalue weighted by Crippen LogP contribution is 2.21. The molecule has 123 valence electrons. The monoisotopic (exact) mass is 333 g/mol. The quantitative estimate of drug-likeness (QED) is 0.203. The fourth-order valence-corrected chi connectivity index (χ4v) is 2.35. The third kappa shape index (κ3) is 5.72. The van der Waals surface area contributed by atoms with Crippen LogP contribution < -0.4 is 0 Å². The van der Waals surface area contributed by atoms with E-state index >= 15 is 0 Å². The summed E-state index contributed by atoms with van der Waals surface area (Å²) in [6.07, 6.45) is 5.52. The molecule has 0 spiro atoms. The molecule has 0 aromatic heterocycles. The van der Waals surface area contributed by atoms with Crippen molar-refractivity contribution in [2.75, 3.05) is 0 Å². The van der Waals surface area contributed by atoms with E-state index in [0.29, 0.717) is 6.42 Å². The molecule has 0 fully saturated rings. The second kappa shape index (κ2) is 8.67. The Morgan fingerprint density at radius 2 is 1.50 bits per heavy atom. The van der Waals surface area contributed by atoms with Gasteiger partial charge in [-0.05, 0) is 44.7 Å². The molecule has 0 N–H and O–H groups in total. The first-order valence-corrected chi connectivity index (χ1v) is 7.86. The minimum atomic E-state index is -1.75. The number of hydrogen-bond acceptors (Lipinski definition) is 1. The second-order valence-corrected chi connectivity index (χ2v) is 6.29. The Hall–Kier alpha value is -0.883. The summed E-state index contributed by atoms with van der Waals surface area (Å²) in [4.78, 5) is 0. The van der Waals surface area contributed by atoms with Crippen LogP contribution >= 0.6 is 0 Å². The van der Waals surface area contributed by atoms with Crippen molar-refractivity contribution in [3.05, 3.63) is 34.9 Å². The van der Waals surface area contributed by atoms with Gasteiger partial charge in [0.05, 0.1) is 0 Å². The average molecular weight is 333 g/mol. The predicted molar refractivity (Wildman–Crippen MR) is 78.6 cm³/mol. The van der Waals surface area contributed by atoms with E-state index in [1.54, 1.807) is 0 Å². The van der Waals surface area contributed by atoms with Crippen molar-refractivity contribution in [2.24, 2.45) is 0 Å². The summed E-state index contributed by atoms with van der Waals surface area (Å²) in [7, 11) is 3.04. The molecular weight excluding hydrogens is 312 g/mol. The fraction of sp³-hybridized carbons (Fsp3) is 0.625. The molecule has 0 aliphatic rings. The molecular formula is C16H21F4OSi. The van der Waals surface area contributed by atoms with Crippen LogP contribution in [0.3, 0.4) is 0 Å². The first kappa shape index (κ1) is 19.2. The Bertz CT molecular complexity index is 492. The van der Waals surface area contributed by atoms with Crippen LogP contribution in [0, 0.1) is 23.3 Å². The standard InChI is InChI=1S/C16H21F4OSi/c1-16(2,21-22)9-7-5-3-4-6-8-11-10-12(17)14(19)15(20)13(11)18/h10H,3-9H2,1-2H3. The van der Waals surface area contributed by atoms with Gasteiger partial charge in [-0.2, -0.15) is 0 Å². The minimum Gasteiger partial charge on any atom is -0.414 e. The van der Waals surface area contributed by atoms with E-state index in [-0.39, 0.29) is 17.6 Å². The maximum absolute atomic E-state index is 13.4. The van der Waals surface area contributed by atoms with Gasteiger partial charge in [-0.15, -0.1) is 0 Å². The lowest BCUT2D eigenvalue weighted by Crippen LogP contribution is -2.22. The molecule has 22 heavy (non-hydrogen) atoms. The molecule has 0 unspecified atom stereocenters. The number of aryl methyl sites for hydroxylation is 1. The molecule has 0 saturated carbocycles. The Labute approximate surface area is 132 Å². The van der Waals surface area contributed by atoms with E-state index in [0.717, 1.165) is 38.2 Å². The van der Waals surface area contributed by atoms with Crippen molar-refractivity contribution >= 4 is 10.5 Å². The van der Waals surface area contributed by atoms with E-state index < -0.39 is 23.3 Å². The molecule has 1 aromatic rings. The SMILES string of the molecule is CC(C)(CCCCCCCc1cc(F)c(F)c(F)c1F)O[Si]. The largest absolute Gasteiger partial charge is 0.414 e. The van der Waals surface area contributed by atoms with E-state index in [9.17, 15) is 17.6 Å². The van der Waals surface area contributed by atoms with Gasteiger partial charge in [0.2, 0.25) is 10.5 Å². The molecule has 1 rings (SSSR count). The van der Waals surface area contributed by atoms with Crippen LogP contribution in [0.25, 0.3) is 0 Å². The molecule has 0 heterocycles. The Morgan fingerprint density at radius 3 is 2.14 bits per heavy atom. The van der Waals surface area contributed by atoms with Gasteiger partial charge in [0, 0.05) is 5.60 Å². The van der Waals surface area contributed by atoms with Crippen molar-refractivity contribution in [2.45, 2.75) is 64.4 Å². The summed E-state index contributed by atoms with van der Waals surface area (Å²) in [5.41, 5.74) is -0.312. The van der Waals surface area contributed by atoms with Crippen LogP contribution in [0.1, 0.15) is 57.9 Å². The molecule has 0 saturated heterocycles. The van der Waals surface area contributed by atoms with Gasteiger partial charge < -0.3 is 4.43 Å². The zero-order valence-electron chi connectivity index (χ0n) is 12.9. The van der Waals surface area contributed by atoms with Crippen molar-refractivity contribution in [1.29, 1.82) is 0 Å². The summed E-state index contributed by atoms with van der Waals surface area (Å²) in [6, 6.07) is 0.739. The first-order chi connectivity index (χ1) is 10.3. The van der Waals surface area contributed by atoms with Crippen LogP contribution in [0.15, 0.2) is 6.07 Å². The molecule has 1 nitrogen and oxygen atoms in total. The predicted octanol–water partition coefficient (Wildman–Crippen LogP) is 5.00. The summed E-state index contributed by atoms with van der Waals surface area (Å²) >= 11 is 0. The van der Waals surface area contributed by atoms with Gasteiger partial charge in [-0.3, -0.25) is 0 Å². The topological polar surface area (TPSA) is 9.23 Å².